The first kappa shape index (κ1) is 18.7. The van der Waals surface area contributed by atoms with Crippen LogP contribution in [-0.4, -0.2) is 27.8 Å². The maximum Gasteiger partial charge on any atom is 0.266 e. The fourth-order valence-corrected chi connectivity index (χ4v) is 3.72. The number of thioether (sulfide) groups is 1. The molecule has 3 aromatic rings. The summed E-state index contributed by atoms with van der Waals surface area (Å²) < 4.78 is 1.60. The van der Waals surface area contributed by atoms with E-state index in [-0.39, 0.29) is 23.8 Å². The van der Waals surface area contributed by atoms with Crippen molar-refractivity contribution >= 4 is 28.6 Å². The second-order valence-electron chi connectivity index (χ2n) is 6.06. The third-order valence-electron chi connectivity index (χ3n) is 4.13. The zero-order valence-corrected chi connectivity index (χ0v) is 16.0. The van der Waals surface area contributed by atoms with Gasteiger partial charge >= 0.3 is 0 Å². The van der Waals surface area contributed by atoms with Crippen molar-refractivity contribution in [3.05, 3.63) is 63.9 Å². The number of nitrogens with zero attached hydrogens (tertiary/aromatic N) is 2. The third-order valence-corrected chi connectivity index (χ3v) is 5.07. The highest BCUT2D eigenvalue weighted by atomic mass is 32.2. The summed E-state index contributed by atoms with van der Waals surface area (Å²) in [5.74, 6) is 2.29. The quantitative estimate of drug-likeness (QED) is 0.422. The van der Waals surface area contributed by atoms with Gasteiger partial charge in [-0.15, -0.1) is 6.42 Å². The van der Waals surface area contributed by atoms with Crippen molar-refractivity contribution < 1.29 is 4.79 Å². The van der Waals surface area contributed by atoms with Crippen LogP contribution in [0.2, 0.25) is 0 Å². The van der Waals surface area contributed by atoms with Crippen molar-refractivity contribution in [3.63, 3.8) is 0 Å². The summed E-state index contributed by atoms with van der Waals surface area (Å²) in [5.41, 5.74) is 3.19. The number of nitrogens with one attached hydrogen (secondary N) is 1. The SMILES string of the molecule is C#CCNC(=O)CSc1nc2ccccc2c(=O)n1-c1c(C)cccc1C. The van der Waals surface area contributed by atoms with Crippen molar-refractivity contribution in [2.24, 2.45) is 0 Å². The molecule has 0 fully saturated rings. The van der Waals surface area contributed by atoms with Crippen molar-refractivity contribution in [2.75, 3.05) is 12.3 Å². The number of rotatable bonds is 5. The molecule has 136 valence electrons. The van der Waals surface area contributed by atoms with E-state index in [1.54, 1.807) is 16.7 Å². The van der Waals surface area contributed by atoms with Crippen LogP contribution in [0.25, 0.3) is 16.6 Å². The molecule has 2 aromatic carbocycles. The molecule has 1 N–H and O–H groups in total. The molecule has 27 heavy (non-hydrogen) atoms. The van der Waals surface area contributed by atoms with E-state index in [2.05, 4.69) is 16.2 Å². The number of aryl methyl sites for hydroxylation is 2. The van der Waals surface area contributed by atoms with Crippen LogP contribution in [-0.2, 0) is 4.79 Å². The van der Waals surface area contributed by atoms with Gasteiger partial charge in [-0.1, -0.05) is 48.0 Å². The zero-order chi connectivity index (χ0) is 19.4. The van der Waals surface area contributed by atoms with E-state index < -0.39 is 0 Å². The first-order valence-corrected chi connectivity index (χ1v) is 9.43. The Balaban J connectivity index is 2.15. The lowest BCUT2D eigenvalue weighted by atomic mass is 10.1. The largest absolute Gasteiger partial charge is 0.344 e. The van der Waals surface area contributed by atoms with Gasteiger partial charge in [-0.3, -0.25) is 14.2 Å². The molecule has 0 bridgehead atoms. The Morgan fingerprint density at radius 2 is 1.89 bits per heavy atom. The van der Waals surface area contributed by atoms with Crippen LogP contribution in [0.3, 0.4) is 0 Å². The van der Waals surface area contributed by atoms with E-state index in [0.29, 0.717) is 16.1 Å². The summed E-state index contributed by atoms with van der Waals surface area (Å²) in [7, 11) is 0. The number of hydrogen-bond donors (Lipinski definition) is 1. The lowest BCUT2D eigenvalue weighted by molar-refractivity contribution is -0.118. The number of hydrogen-bond acceptors (Lipinski definition) is 4. The molecule has 0 atom stereocenters. The summed E-state index contributed by atoms with van der Waals surface area (Å²) in [6.07, 6.45) is 5.17. The first-order chi connectivity index (χ1) is 13.0. The Bertz CT molecular complexity index is 1090. The minimum Gasteiger partial charge on any atom is -0.344 e. The van der Waals surface area contributed by atoms with Crippen molar-refractivity contribution in [1.82, 2.24) is 14.9 Å². The van der Waals surface area contributed by atoms with Gasteiger partial charge in [0.05, 0.1) is 28.9 Å². The number of aromatic nitrogens is 2. The predicted octanol–water partition coefficient (Wildman–Crippen LogP) is 2.84. The molecular weight excluding hydrogens is 358 g/mol. The monoisotopic (exact) mass is 377 g/mol. The van der Waals surface area contributed by atoms with Crippen LogP contribution in [0.1, 0.15) is 11.1 Å². The summed E-state index contributed by atoms with van der Waals surface area (Å²) >= 11 is 1.22. The van der Waals surface area contributed by atoms with E-state index in [9.17, 15) is 9.59 Å². The fraction of sp³-hybridized carbons (Fsp3) is 0.190. The van der Waals surface area contributed by atoms with Gasteiger partial charge in [0.2, 0.25) is 5.91 Å². The van der Waals surface area contributed by atoms with Crippen LogP contribution >= 0.6 is 11.8 Å². The molecule has 1 aromatic heterocycles. The van der Waals surface area contributed by atoms with Gasteiger partial charge in [0.15, 0.2) is 5.16 Å². The number of amides is 1. The number of carbonyl (C=O) groups excluding carboxylic acids is 1. The van der Waals surface area contributed by atoms with E-state index in [4.69, 9.17) is 6.42 Å². The van der Waals surface area contributed by atoms with Gasteiger partial charge in [-0.05, 0) is 37.1 Å². The van der Waals surface area contributed by atoms with Crippen LogP contribution in [0, 0.1) is 26.2 Å². The number of terminal acetylenes is 1. The Morgan fingerprint density at radius 3 is 2.59 bits per heavy atom. The second-order valence-corrected chi connectivity index (χ2v) is 7.00. The van der Waals surface area contributed by atoms with Gasteiger partial charge in [-0.2, -0.15) is 0 Å². The van der Waals surface area contributed by atoms with Crippen molar-refractivity contribution in [1.29, 1.82) is 0 Å². The van der Waals surface area contributed by atoms with Gasteiger partial charge in [0.25, 0.3) is 5.56 Å². The molecule has 1 heterocycles. The van der Waals surface area contributed by atoms with Gasteiger partial charge < -0.3 is 5.32 Å². The summed E-state index contributed by atoms with van der Waals surface area (Å²) in [4.78, 5) is 29.9. The Hall–Kier alpha value is -3.04. The number of para-hydroxylation sites is 2. The second kappa shape index (κ2) is 8.11. The molecular formula is C21H19N3O2S. The summed E-state index contributed by atoms with van der Waals surface area (Å²) in [6, 6.07) is 13.1. The van der Waals surface area contributed by atoms with Crippen LogP contribution in [0.15, 0.2) is 52.4 Å². The molecule has 0 spiro atoms. The highest BCUT2D eigenvalue weighted by Crippen LogP contribution is 2.25. The topological polar surface area (TPSA) is 64.0 Å². The zero-order valence-electron chi connectivity index (χ0n) is 15.2. The van der Waals surface area contributed by atoms with E-state index in [0.717, 1.165) is 16.8 Å². The lowest BCUT2D eigenvalue weighted by Crippen LogP contribution is -2.27. The molecule has 0 aliphatic carbocycles. The highest BCUT2D eigenvalue weighted by Gasteiger charge is 2.17. The average Bonchev–Trinajstić information content (AvgIpc) is 2.66. The standard InChI is InChI=1S/C21H19N3O2S/c1-4-12-22-18(25)13-27-21-23-17-11-6-5-10-16(17)20(26)24(21)19-14(2)8-7-9-15(19)3/h1,5-11H,12-13H2,2-3H3,(H,22,25). The Labute approximate surface area is 161 Å². The molecule has 0 saturated heterocycles. The average molecular weight is 377 g/mol. The first-order valence-electron chi connectivity index (χ1n) is 8.44. The molecule has 0 radical (unpaired) electrons. The molecule has 3 rings (SSSR count). The normalized spacial score (nSPS) is 10.6. The minimum atomic E-state index is -0.201. The maximum atomic E-state index is 13.3. The van der Waals surface area contributed by atoms with Gasteiger partial charge in [-0.25, -0.2) is 4.98 Å². The highest BCUT2D eigenvalue weighted by molar-refractivity contribution is 7.99. The molecule has 0 aliphatic heterocycles. The molecule has 0 saturated carbocycles. The molecule has 0 unspecified atom stereocenters. The Kier molecular flexibility index (Phi) is 5.63. The van der Waals surface area contributed by atoms with Crippen molar-refractivity contribution in [3.8, 4) is 18.0 Å². The number of benzene rings is 2. The maximum absolute atomic E-state index is 13.3. The lowest BCUT2D eigenvalue weighted by Gasteiger charge is -2.17. The van der Waals surface area contributed by atoms with Crippen LogP contribution < -0.4 is 10.9 Å². The predicted molar refractivity (Wildman–Crippen MR) is 109 cm³/mol. The molecule has 1 amide bonds. The van der Waals surface area contributed by atoms with E-state index >= 15 is 0 Å². The third kappa shape index (κ3) is 3.88. The summed E-state index contributed by atoms with van der Waals surface area (Å²) in [6.45, 7) is 4.09. The van der Waals surface area contributed by atoms with Crippen LogP contribution in [0.5, 0.6) is 0 Å². The smallest absolute Gasteiger partial charge is 0.266 e. The van der Waals surface area contributed by atoms with Crippen LogP contribution in [0.4, 0.5) is 0 Å². The summed E-state index contributed by atoms with van der Waals surface area (Å²) in [5, 5.41) is 3.65. The fourth-order valence-electron chi connectivity index (χ4n) is 2.90. The molecule has 5 nitrogen and oxygen atoms in total. The van der Waals surface area contributed by atoms with E-state index in [1.807, 2.05) is 44.2 Å². The molecule has 0 aliphatic rings. The number of fused-ring (bicyclic) bond motifs is 1. The van der Waals surface area contributed by atoms with Gasteiger partial charge in [0, 0.05) is 0 Å². The van der Waals surface area contributed by atoms with Gasteiger partial charge in [0.1, 0.15) is 0 Å². The minimum absolute atomic E-state index is 0.122. The number of carbonyl (C=O) groups is 1. The molecule has 6 heteroatoms. The Morgan fingerprint density at radius 1 is 1.19 bits per heavy atom. The van der Waals surface area contributed by atoms with Crippen molar-refractivity contribution in [2.45, 2.75) is 19.0 Å². The van der Waals surface area contributed by atoms with E-state index in [1.165, 1.54) is 11.8 Å².